The molecule has 0 aliphatic heterocycles. The van der Waals surface area contributed by atoms with Crippen molar-refractivity contribution in [2.75, 3.05) is 33.4 Å². The highest BCUT2D eigenvalue weighted by atomic mass is 127. The van der Waals surface area contributed by atoms with E-state index in [2.05, 4.69) is 20.6 Å². The van der Waals surface area contributed by atoms with Crippen molar-refractivity contribution in [2.24, 2.45) is 4.99 Å². The minimum atomic E-state index is -0.0363. The van der Waals surface area contributed by atoms with Crippen LogP contribution in [0.2, 0.25) is 0 Å². The summed E-state index contributed by atoms with van der Waals surface area (Å²) in [6.07, 6.45) is 2.63. The molecule has 0 saturated carbocycles. The van der Waals surface area contributed by atoms with Crippen LogP contribution in [0.4, 0.5) is 0 Å². The summed E-state index contributed by atoms with van der Waals surface area (Å²) in [4.78, 5) is 8.94. The second-order valence-corrected chi connectivity index (χ2v) is 5.75. The van der Waals surface area contributed by atoms with Crippen molar-refractivity contribution in [1.82, 2.24) is 15.6 Å². The number of halogens is 1. The lowest BCUT2D eigenvalue weighted by atomic mass is 10.2. The minimum absolute atomic E-state index is 0. The fraction of sp³-hybridized carbons (Fsp3) is 0.400. The van der Waals surface area contributed by atoms with E-state index in [1.54, 1.807) is 13.3 Å². The zero-order valence-corrected chi connectivity index (χ0v) is 18.7. The van der Waals surface area contributed by atoms with Crippen molar-refractivity contribution >= 4 is 29.9 Å². The van der Waals surface area contributed by atoms with Crippen LogP contribution in [-0.2, 0) is 13.0 Å². The number of benzene rings is 1. The Hall–Kier alpha value is -2.07. The summed E-state index contributed by atoms with van der Waals surface area (Å²) in [6.45, 7) is 4.28. The molecule has 0 fully saturated rings. The van der Waals surface area contributed by atoms with Gasteiger partial charge in [0.25, 0.3) is 0 Å². The number of methoxy groups -OCH3 is 1. The number of aliphatic hydroxyl groups excluding tert-OH is 1. The smallest absolute Gasteiger partial charge is 0.191 e. The number of aromatic nitrogens is 1. The van der Waals surface area contributed by atoms with Gasteiger partial charge in [0.2, 0.25) is 0 Å². The Labute approximate surface area is 183 Å². The summed E-state index contributed by atoms with van der Waals surface area (Å²) in [5, 5.41) is 15.4. The van der Waals surface area contributed by atoms with Crippen LogP contribution >= 0.6 is 24.0 Å². The van der Waals surface area contributed by atoms with Crippen molar-refractivity contribution < 1.29 is 14.6 Å². The standard InChI is InChI=1S/C20H28N4O3.HI/c1-3-21-20(23-11-9-17-6-4-5-10-22-17)24-15-16-7-8-18(27-13-12-25)19(14-16)26-2;/h4-8,10,14,25H,3,9,11-13,15H2,1-2H3,(H2,21,23,24);1H. The van der Waals surface area contributed by atoms with E-state index in [4.69, 9.17) is 14.6 Å². The van der Waals surface area contributed by atoms with E-state index in [1.165, 1.54) is 0 Å². The first-order chi connectivity index (χ1) is 13.3. The van der Waals surface area contributed by atoms with Crippen LogP contribution in [0.1, 0.15) is 18.2 Å². The first-order valence-corrected chi connectivity index (χ1v) is 9.09. The monoisotopic (exact) mass is 500 g/mol. The van der Waals surface area contributed by atoms with Gasteiger partial charge < -0.3 is 25.2 Å². The molecule has 7 nitrogen and oxygen atoms in total. The normalized spacial score (nSPS) is 10.8. The van der Waals surface area contributed by atoms with Crippen LogP contribution < -0.4 is 20.1 Å². The third-order valence-corrected chi connectivity index (χ3v) is 3.74. The van der Waals surface area contributed by atoms with Gasteiger partial charge in [-0.25, -0.2) is 4.99 Å². The Kier molecular flexibility index (Phi) is 12.0. The quantitative estimate of drug-likeness (QED) is 0.264. The highest BCUT2D eigenvalue weighted by molar-refractivity contribution is 14.0. The van der Waals surface area contributed by atoms with Gasteiger partial charge in [0.1, 0.15) is 6.61 Å². The number of hydrogen-bond acceptors (Lipinski definition) is 5. The van der Waals surface area contributed by atoms with E-state index < -0.39 is 0 Å². The molecule has 28 heavy (non-hydrogen) atoms. The molecule has 1 aromatic carbocycles. The number of aliphatic hydroxyl groups is 1. The number of pyridine rings is 1. The molecular weight excluding hydrogens is 471 g/mol. The summed E-state index contributed by atoms with van der Waals surface area (Å²) in [5.74, 6) is 2.00. The summed E-state index contributed by atoms with van der Waals surface area (Å²) in [6, 6.07) is 11.6. The maximum absolute atomic E-state index is 8.88. The number of hydrogen-bond donors (Lipinski definition) is 3. The number of nitrogens with zero attached hydrogens (tertiary/aromatic N) is 2. The summed E-state index contributed by atoms with van der Waals surface area (Å²) < 4.78 is 10.8. The highest BCUT2D eigenvalue weighted by Crippen LogP contribution is 2.28. The van der Waals surface area contributed by atoms with Crippen molar-refractivity contribution in [1.29, 1.82) is 0 Å². The maximum atomic E-state index is 8.88. The lowest BCUT2D eigenvalue weighted by Crippen LogP contribution is -2.38. The van der Waals surface area contributed by atoms with Crippen LogP contribution in [0.25, 0.3) is 0 Å². The van der Waals surface area contributed by atoms with Gasteiger partial charge in [0.15, 0.2) is 17.5 Å². The second kappa shape index (κ2) is 14.0. The maximum Gasteiger partial charge on any atom is 0.191 e. The first kappa shape index (κ1) is 24.0. The van der Waals surface area contributed by atoms with E-state index in [-0.39, 0.29) is 37.2 Å². The van der Waals surface area contributed by atoms with Crippen LogP contribution in [0.5, 0.6) is 11.5 Å². The summed E-state index contributed by atoms with van der Waals surface area (Å²) >= 11 is 0. The molecule has 0 unspecified atom stereocenters. The number of rotatable bonds is 10. The van der Waals surface area contributed by atoms with Crippen molar-refractivity contribution in [2.45, 2.75) is 19.9 Å². The molecule has 0 spiro atoms. The average molecular weight is 500 g/mol. The first-order valence-electron chi connectivity index (χ1n) is 9.09. The SMILES string of the molecule is CCNC(=NCc1ccc(OCCO)c(OC)c1)NCCc1ccccn1.I. The van der Waals surface area contributed by atoms with Crippen molar-refractivity contribution in [3.8, 4) is 11.5 Å². The van der Waals surface area contributed by atoms with E-state index in [9.17, 15) is 0 Å². The number of ether oxygens (including phenoxy) is 2. The zero-order valence-electron chi connectivity index (χ0n) is 16.4. The summed E-state index contributed by atoms with van der Waals surface area (Å²) in [5.41, 5.74) is 2.05. The molecule has 154 valence electrons. The predicted octanol–water partition coefficient (Wildman–Crippen LogP) is 2.38. The molecule has 0 aliphatic carbocycles. The fourth-order valence-electron chi connectivity index (χ4n) is 2.45. The van der Waals surface area contributed by atoms with Gasteiger partial charge in [-0.15, -0.1) is 24.0 Å². The van der Waals surface area contributed by atoms with E-state index in [0.717, 1.165) is 36.7 Å². The number of aliphatic imine (C=N–C) groups is 1. The third-order valence-electron chi connectivity index (χ3n) is 3.74. The lowest BCUT2D eigenvalue weighted by Gasteiger charge is -2.12. The molecule has 2 aromatic rings. The highest BCUT2D eigenvalue weighted by Gasteiger charge is 2.06. The molecule has 0 bridgehead atoms. The van der Waals surface area contributed by atoms with Gasteiger partial charge >= 0.3 is 0 Å². The third kappa shape index (κ3) is 8.30. The van der Waals surface area contributed by atoms with Gasteiger partial charge in [0, 0.05) is 31.4 Å². The second-order valence-electron chi connectivity index (χ2n) is 5.75. The minimum Gasteiger partial charge on any atom is -0.493 e. The Balaban J connectivity index is 0.00000392. The van der Waals surface area contributed by atoms with E-state index >= 15 is 0 Å². The van der Waals surface area contributed by atoms with Crippen molar-refractivity contribution in [3.63, 3.8) is 0 Å². The van der Waals surface area contributed by atoms with Gasteiger partial charge in [-0.2, -0.15) is 0 Å². The van der Waals surface area contributed by atoms with Crippen LogP contribution in [0.3, 0.4) is 0 Å². The molecule has 0 saturated heterocycles. The zero-order chi connectivity index (χ0) is 19.3. The Bertz CT molecular complexity index is 714. The molecular formula is C20H29IN4O3. The van der Waals surface area contributed by atoms with Crippen molar-refractivity contribution in [3.05, 3.63) is 53.9 Å². The predicted molar refractivity (Wildman–Crippen MR) is 122 cm³/mol. The molecule has 0 atom stereocenters. The topological polar surface area (TPSA) is 88.0 Å². The van der Waals surface area contributed by atoms with Crippen LogP contribution in [0.15, 0.2) is 47.6 Å². The molecule has 2 rings (SSSR count). The van der Waals surface area contributed by atoms with Gasteiger partial charge in [-0.05, 0) is 36.8 Å². The average Bonchev–Trinajstić information content (AvgIpc) is 2.71. The van der Waals surface area contributed by atoms with Gasteiger partial charge in [-0.1, -0.05) is 12.1 Å². The molecule has 8 heteroatoms. The molecule has 0 radical (unpaired) electrons. The Morgan fingerprint density at radius 2 is 2.04 bits per heavy atom. The Morgan fingerprint density at radius 3 is 2.71 bits per heavy atom. The van der Waals surface area contributed by atoms with Crippen LogP contribution in [-0.4, -0.2) is 49.5 Å². The Morgan fingerprint density at radius 1 is 1.18 bits per heavy atom. The van der Waals surface area contributed by atoms with E-state index in [1.807, 2.05) is 43.3 Å². The van der Waals surface area contributed by atoms with E-state index in [0.29, 0.717) is 18.0 Å². The van der Waals surface area contributed by atoms with Gasteiger partial charge in [0.05, 0.1) is 20.3 Å². The molecule has 1 aromatic heterocycles. The molecule has 1 heterocycles. The fourth-order valence-corrected chi connectivity index (χ4v) is 2.45. The van der Waals surface area contributed by atoms with Gasteiger partial charge in [-0.3, -0.25) is 4.98 Å². The van der Waals surface area contributed by atoms with Crippen LogP contribution in [0, 0.1) is 0 Å². The number of guanidine groups is 1. The molecule has 0 amide bonds. The molecule has 3 N–H and O–H groups in total. The number of nitrogens with one attached hydrogen (secondary N) is 2. The molecule has 0 aliphatic rings. The summed E-state index contributed by atoms with van der Waals surface area (Å²) in [7, 11) is 1.59. The lowest BCUT2D eigenvalue weighted by molar-refractivity contribution is 0.196. The largest absolute Gasteiger partial charge is 0.493 e.